The zero-order valence-corrected chi connectivity index (χ0v) is 10.8. The summed E-state index contributed by atoms with van der Waals surface area (Å²) in [6.07, 6.45) is 1.90. The standard InChI is InChI=1S/C13H14ClNO3/c1-18-12(17)13(7-4-8-13)11(16)15-10-6-3-2-5-9(10)14/h2-3,5-6H,4,7-8H2,1H3,(H,15,16). The maximum Gasteiger partial charge on any atom is 0.321 e. The van der Waals surface area contributed by atoms with E-state index >= 15 is 0 Å². The van der Waals surface area contributed by atoms with Gasteiger partial charge in [-0.05, 0) is 25.0 Å². The predicted octanol–water partition coefficient (Wildman–Crippen LogP) is 2.62. The Kier molecular flexibility index (Phi) is 3.57. The molecule has 18 heavy (non-hydrogen) atoms. The van der Waals surface area contributed by atoms with Gasteiger partial charge in [-0.3, -0.25) is 9.59 Å². The lowest BCUT2D eigenvalue weighted by Gasteiger charge is -2.37. The van der Waals surface area contributed by atoms with Crippen LogP contribution in [-0.2, 0) is 14.3 Å². The molecule has 0 aliphatic heterocycles. The molecule has 1 aliphatic rings. The number of hydrogen-bond acceptors (Lipinski definition) is 3. The van der Waals surface area contributed by atoms with E-state index in [1.807, 2.05) is 0 Å². The fraction of sp³-hybridized carbons (Fsp3) is 0.385. The predicted molar refractivity (Wildman–Crippen MR) is 68.4 cm³/mol. The lowest BCUT2D eigenvalue weighted by atomic mass is 9.68. The maximum absolute atomic E-state index is 12.2. The number of halogens is 1. The van der Waals surface area contributed by atoms with Crippen LogP contribution in [0, 0.1) is 5.41 Å². The topological polar surface area (TPSA) is 55.4 Å². The van der Waals surface area contributed by atoms with Crippen molar-refractivity contribution in [3.63, 3.8) is 0 Å². The van der Waals surface area contributed by atoms with Crippen molar-refractivity contribution in [2.45, 2.75) is 19.3 Å². The Hall–Kier alpha value is -1.55. The normalized spacial score (nSPS) is 16.6. The summed E-state index contributed by atoms with van der Waals surface area (Å²) in [5, 5.41) is 3.15. The van der Waals surface area contributed by atoms with Crippen LogP contribution in [0.5, 0.6) is 0 Å². The molecular formula is C13H14ClNO3. The highest BCUT2D eigenvalue weighted by atomic mass is 35.5. The van der Waals surface area contributed by atoms with Gasteiger partial charge in [0.1, 0.15) is 5.41 Å². The van der Waals surface area contributed by atoms with Crippen molar-refractivity contribution in [3.8, 4) is 0 Å². The summed E-state index contributed by atoms with van der Waals surface area (Å²) in [5.41, 5.74) is -0.521. The number of rotatable bonds is 3. The molecule has 0 aromatic heterocycles. The van der Waals surface area contributed by atoms with Crippen molar-refractivity contribution in [2.24, 2.45) is 5.41 Å². The van der Waals surface area contributed by atoms with Gasteiger partial charge in [0, 0.05) is 0 Å². The third kappa shape index (κ3) is 2.08. The van der Waals surface area contributed by atoms with Gasteiger partial charge in [-0.25, -0.2) is 0 Å². The number of amides is 1. The molecule has 1 N–H and O–H groups in total. The van der Waals surface area contributed by atoms with Crippen LogP contribution in [0.4, 0.5) is 5.69 Å². The number of benzene rings is 1. The highest BCUT2D eigenvalue weighted by molar-refractivity contribution is 6.33. The number of methoxy groups -OCH3 is 1. The summed E-state index contributed by atoms with van der Waals surface area (Å²) in [4.78, 5) is 23.9. The molecule has 2 rings (SSSR count). The van der Waals surface area contributed by atoms with Gasteiger partial charge in [-0.1, -0.05) is 30.2 Å². The first-order valence-corrected chi connectivity index (χ1v) is 6.12. The molecule has 0 radical (unpaired) electrons. The first-order chi connectivity index (χ1) is 8.60. The lowest BCUT2D eigenvalue weighted by molar-refractivity contribution is -0.163. The number of anilines is 1. The monoisotopic (exact) mass is 267 g/mol. The average Bonchev–Trinajstić information content (AvgIpc) is 2.30. The quantitative estimate of drug-likeness (QED) is 0.677. The Labute approximate surface area is 110 Å². The molecule has 0 bridgehead atoms. The molecule has 96 valence electrons. The summed E-state index contributed by atoms with van der Waals surface area (Å²) in [7, 11) is 1.30. The van der Waals surface area contributed by atoms with E-state index < -0.39 is 11.4 Å². The Morgan fingerprint density at radius 1 is 1.33 bits per heavy atom. The van der Waals surface area contributed by atoms with Crippen LogP contribution < -0.4 is 5.32 Å². The van der Waals surface area contributed by atoms with Crippen LogP contribution >= 0.6 is 11.6 Å². The maximum atomic E-state index is 12.2. The summed E-state index contributed by atoms with van der Waals surface area (Å²) >= 11 is 5.96. The van der Waals surface area contributed by atoms with Crippen molar-refractivity contribution in [1.29, 1.82) is 0 Å². The van der Waals surface area contributed by atoms with Crippen LogP contribution in [0.3, 0.4) is 0 Å². The Morgan fingerprint density at radius 2 is 2.00 bits per heavy atom. The largest absolute Gasteiger partial charge is 0.468 e. The number of esters is 1. The fourth-order valence-electron chi connectivity index (χ4n) is 2.05. The number of para-hydroxylation sites is 1. The van der Waals surface area contributed by atoms with Crippen LogP contribution in [0.1, 0.15) is 19.3 Å². The van der Waals surface area contributed by atoms with E-state index in [1.54, 1.807) is 24.3 Å². The highest BCUT2D eigenvalue weighted by Gasteiger charge is 2.52. The molecule has 1 saturated carbocycles. The SMILES string of the molecule is COC(=O)C1(C(=O)Nc2ccccc2Cl)CCC1. The van der Waals surface area contributed by atoms with Crippen LogP contribution in [0.15, 0.2) is 24.3 Å². The minimum atomic E-state index is -1.03. The van der Waals surface area contributed by atoms with Crippen molar-refractivity contribution >= 4 is 29.2 Å². The summed E-state index contributed by atoms with van der Waals surface area (Å²) in [5.74, 6) is -0.813. The number of hydrogen-bond donors (Lipinski definition) is 1. The van der Waals surface area contributed by atoms with Gasteiger partial charge >= 0.3 is 5.97 Å². The number of carbonyl (C=O) groups excluding carboxylic acids is 2. The van der Waals surface area contributed by atoms with Gasteiger partial charge in [-0.2, -0.15) is 0 Å². The van der Waals surface area contributed by atoms with Crippen molar-refractivity contribution in [2.75, 3.05) is 12.4 Å². The smallest absolute Gasteiger partial charge is 0.321 e. The van der Waals surface area contributed by atoms with Crippen molar-refractivity contribution in [3.05, 3.63) is 29.3 Å². The second-order valence-electron chi connectivity index (χ2n) is 4.36. The third-order valence-electron chi connectivity index (χ3n) is 3.34. The van der Waals surface area contributed by atoms with Gasteiger partial charge in [0.2, 0.25) is 5.91 Å². The molecule has 1 fully saturated rings. The molecule has 0 spiro atoms. The van der Waals surface area contributed by atoms with Gasteiger partial charge in [-0.15, -0.1) is 0 Å². The van der Waals surface area contributed by atoms with E-state index in [4.69, 9.17) is 16.3 Å². The summed E-state index contributed by atoms with van der Waals surface area (Å²) in [6.45, 7) is 0. The molecule has 1 aromatic rings. The molecule has 0 heterocycles. The zero-order valence-electron chi connectivity index (χ0n) is 10.0. The van der Waals surface area contributed by atoms with Gasteiger partial charge in [0.25, 0.3) is 0 Å². The number of ether oxygens (including phenoxy) is 1. The molecule has 1 amide bonds. The zero-order chi connectivity index (χ0) is 13.2. The molecule has 0 atom stereocenters. The Balaban J connectivity index is 2.17. The summed E-state index contributed by atoms with van der Waals surface area (Å²) < 4.78 is 4.71. The Morgan fingerprint density at radius 3 is 2.50 bits per heavy atom. The second-order valence-corrected chi connectivity index (χ2v) is 4.77. The average molecular weight is 268 g/mol. The molecule has 4 nitrogen and oxygen atoms in total. The van der Waals surface area contributed by atoms with E-state index in [1.165, 1.54) is 7.11 Å². The number of carbonyl (C=O) groups is 2. The number of nitrogens with one attached hydrogen (secondary N) is 1. The first-order valence-electron chi connectivity index (χ1n) is 5.74. The van der Waals surface area contributed by atoms with Crippen molar-refractivity contribution in [1.82, 2.24) is 0 Å². The minimum absolute atomic E-state index is 0.339. The van der Waals surface area contributed by atoms with Crippen LogP contribution in [0.25, 0.3) is 0 Å². The van der Waals surface area contributed by atoms with E-state index in [-0.39, 0.29) is 5.91 Å². The van der Waals surface area contributed by atoms with Gasteiger partial charge in [0.05, 0.1) is 17.8 Å². The van der Waals surface area contributed by atoms with Crippen LogP contribution in [-0.4, -0.2) is 19.0 Å². The highest BCUT2D eigenvalue weighted by Crippen LogP contribution is 2.43. The lowest BCUT2D eigenvalue weighted by Crippen LogP contribution is -2.48. The molecule has 0 unspecified atom stereocenters. The first kappa shape index (κ1) is 12.9. The van der Waals surface area contributed by atoms with Gasteiger partial charge in [0.15, 0.2) is 0 Å². The third-order valence-corrected chi connectivity index (χ3v) is 3.67. The minimum Gasteiger partial charge on any atom is -0.468 e. The van der Waals surface area contributed by atoms with Crippen molar-refractivity contribution < 1.29 is 14.3 Å². The van der Waals surface area contributed by atoms with E-state index in [2.05, 4.69) is 5.32 Å². The van der Waals surface area contributed by atoms with Crippen LogP contribution in [0.2, 0.25) is 5.02 Å². The van der Waals surface area contributed by atoms with E-state index in [9.17, 15) is 9.59 Å². The molecular weight excluding hydrogens is 254 g/mol. The van der Waals surface area contributed by atoms with E-state index in [0.717, 1.165) is 6.42 Å². The van der Waals surface area contributed by atoms with E-state index in [0.29, 0.717) is 23.6 Å². The van der Waals surface area contributed by atoms with Gasteiger partial charge < -0.3 is 10.1 Å². The summed E-state index contributed by atoms with van der Waals surface area (Å²) in [6, 6.07) is 6.93. The Bertz CT molecular complexity index is 483. The molecule has 5 heteroatoms. The molecule has 1 aliphatic carbocycles. The second kappa shape index (κ2) is 4.98. The molecule has 0 saturated heterocycles. The molecule has 1 aromatic carbocycles. The fourth-order valence-corrected chi connectivity index (χ4v) is 2.24.